The fraction of sp³-hybridized carbons (Fsp3) is 0.0833. The molecule has 0 aliphatic rings. The highest BCUT2D eigenvalue weighted by molar-refractivity contribution is 7.13. The number of thiazole rings is 1. The summed E-state index contributed by atoms with van der Waals surface area (Å²) >= 11 is 2.37. The summed E-state index contributed by atoms with van der Waals surface area (Å²) in [5.41, 5.74) is -0.222. The lowest BCUT2D eigenvalue weighted by Crippen LogP contribution is -2.05. The molecule has 0 N–H and O–H groups in total. The Labute approximate surface area is 119 Å². The Balaban J connectivity index is 1.90. The first-order valence-corrected chi connectivity index (χ1v) is 7.11. The first-order chi connectivity index (χ1) is 9.54. The Bertz CT molecular complexity index is 702. The third-order valence-electron chi connectivity index (χ3n) is 2.37. The number of nitrogens with zero attached hydrogens (tertiary/aromatic N) is 3. The zero-order valence-corrected chi connectivity index (χ0v) is 11.3. The number of hydrogen-bond acceptors (Lipinski definition) is 5. The minimum Gasteiger partial charge on any atom is -0.234 e. The molecule has 0 unspecified atom stereocenters. The second-order valence-electron chi connectivity index (χ2n) is 3.73. The van der Waals surface area contributed by atoms with Gasteiger partial charge >= 0.3 is 6.18 Å². The first-order valence-electron chi connectivity index (χ1n) is 5.36. The van der Waals surface area contributed by atoms with Crippen LogP contribution in [-0.2, 0) is 6.18 Å². The van der Waals surface area contributed by atoms with Gasteiger partial charge in [0.2, 0.25) is 0 Å². The maximum Gasteiger partial charge on any atom is 0.434 e. The SMILES string of the molecule is FC(F)(F)c1csc(-c2n[c]c(-c3cccs3)cn2)n1. The highest BCUT2D eigenvalue weighted by Crippen LogP contribution is 2.32. The predicted octanol–water partition coefficient (Wildman–Crippen LogP) is 4.15. The number of hydrogen-bond donors (Lipinski definition) is 0. The summed E-state index contributed by atoms with van der Waals surface area (Å²) in [4.78, 5) is 12.4. The highest BCUT2D eigenvalue weighted by Gasteiger charge is 2.34. The maximum atomic E-state index is 12.5. The fourth-order valence-corrected chi connectivity index (χ4v) is 2.91. The van der Waals surface area contributed by atoms with Crippen LogP contribution in [0.2, 0.25) is 0 Å². The molecule has 0 atom stereocenters. The Morgan fingerprint density at radius 2 is 2.05 bits per heavy atom. The summed E-state index contributed by atoms with van der Waals surface area (Å²) in [7, 11) is 0. The Kier molecular flexibility index (Phi) is 3.27. The molecule has 101 valence electrons. The average molecular weight is 312 g/mol. The summed E-state index contributed by atoms with van der Waals surface area (Å²) in [5, 5.41) is 2.99. The van der Waals surface area contributed by atoms with E-state index in [4.69, 9.17) is 0 Å². The smallest absolute Gasteiger partial charge is 0.234 e. The van der Waals surface area contributed by atoms with Crippen LogP contribution in [0.3, 0.4) is 0 Å². The number of rotatable bonds is 2. The normalized spacial score (nSPS) is 11.8. The van der Waals surface area contributed by atoms with E-state index in [0.29, 0.717) is 5.56 Å². The number of aromatic nitrogens is 3. The molecule has 20 heavy (non-hydrogen) atoms. The topological polar surface area (TPSA) is 38.7 Å². The van der Waals surface area contributed by atoms with E-state index in [2.05, 4.69) is 21.1 Å². The molecule has 3 aromatic heterocycles. The van der Waals surface area contributed by atoms with Gasteiger partial charge in [-0.05, 0) is 11.4 Å². The zero-order chi connectivity index (χ0) is 14.2. The lowest BCUT2D eigenvalue weighted by atomic mass is 10.3. The van der Waals surface area contributed by atoms with E-state index < -0.39 is 11.9 Å². The van der Waals surface area contributed by atoms with Crippen molar-refractivity contribution < 1.29 is 13.2 Å². The minimum atomic E-state index is -4.45. The Morgan fingerprint density at radius 1 is 1.20 bits per heavy atom. The molecule has 0 saturated heterocycles. The summed E-state index contributed by atoms with van der Waals surface area (Å²) in [5.74, 6) is 0.144. The van der Waals surface area contributed by atoms with Crippen LogP contribution in [-0.4, -0.2) is 15.0 Å². The molecule has 0 fully saturated rings. The van der Waals surface area contributed by atoms with Crippen molar-refractivity contribution in [3.8, 4) is 21.3 Å². The summed E-state index contributed by atoms with van der Waals surface area (Å²) in [6, 6.07) is 3.78. The van der Waals surface area contributed by atoms with Gasteiger partial charge in [-0.25, -0.2) is 15.0 Å². The molecule has 0 bridgehead atoms. The van der Waals surface area contributed by atoms with Gasteiger partial charge in [-0.15, -0.1) is 22.7 Å². The number of alkyl halides is 3. The molecule has 0 spiro atoms. The predicted molar refractivity (Wildman–Crippen MR) is 70.3 cm³/mol. The standard InChI is InChI=1S/C12H5F3N3S2/c13-12(14,15)9-6-20-11(18-9)10-16-4-7(5-17-10)8-2-1-3-19-8/h1-4,6H. The van der Waals surface area contributed by atoms with Crippen molar-refractivity contribution in [2.24, 2.45) is 0 Å². The molecular weight excluding hydrogens is 307 g/mol. The van der Waals surface area contributed by atoms with Crippen LogP contribution in [0.4, 0.5) is 13.2 Å². The van der Waals surface area contributed by atoms with Crippen LogP contribution in [0.25, 0.3) is 21.3 Å². The fourth-order valence-electron chi connectivity index (χ4n) is 1.46. The van der Waals surface area contributed by atoms with Gasteiger partial charge < -0.3 is 0 Å². The van der Waals surface area contributed by atoms with Crippen molar-refractivity contribution in [2.75, 3.05) is 0 Å². The quantitative estimate of drug-likeness (QED) is 0.713. The van der Waals surface area contributed by atoms with Gasteiger partial charge in [0.05, 0.1) is 0 Å². The van der Waals surface area contributed by atoms with E-state index in [-0.39, 0.29) is 10.8 Å². The molecule has 0 aromatic carbocycles. The molecule has 3 aromatic rings. The van der Waals surface area contributed by atoms with Crippen molar-refractivity contribution in [2.45, 2.75) is 6.18 Å². The van der Waals surface area contributed by atoms with Crippen LogP contribution >= 0.6 is 22.7 Å². The average Bonchev–Trinajstić information content (AvgIpc) is 3.10. The van der Waals surface area contributed by atoms with Gasteiger partial charge in [0.25, 0.3) is 0 Å². The largest absolute Gasteiger partial charge is 0.434 e. The van der Waals surface area contributed by atoms with E-state index >= 15 is 0 Å². The van der Waals surface area contributed by atoms with Crippen molar-refractivity contribution in [3.63, 3.8) is 0 Å². The number of halogens is 3. The number of thiophene rings is 1. The van der Waals surface area contributed by atoms with Crippen molar-refractivity contribution in [1.29, 1.82) is 0 Å². The summed E-state index contributed by atoms with van der Waals surface area (Å²) < 4.78 is 37.4. The summed E-state index contributed by atoms with van der Waals surface area (Å²) in [6.45, 7) is 0. The lowest BCUT2D eigenvalue weighted by molar-refractivity contribution is -0.140. The van der Waals surface area contributed by atoms with Crippen LogP contribution < -0.4 is 0 Å². The molecule has 1 radical (unpaired) electrons. The van der Waals surface area contributed by atoms with Crippen molar-refractivity contribution >= 4 is 22.7 Å². The van der Waals surface area contributed by atoms with E-state index in [9.17, 15) is 13.2 Å². The van der Waals surface area contributed by atoms with Gasteiger partial charge in [0.1, 0.15) is 6.20 Å². The van der Waals surface area contributed by atoms with Crippen LogP contribution in [0.15, 0.2) is 29.1 Å². The van der Waals surface area contributed by atoms with Gasteiger partial charge in [-0.3, -0.25) is 0 Å². The highest BCUT2D eigenvalue weighted by atomic mass is 32.1. The van der Waals surface area contributed by atoms with Crippen LogP contribution in [0, 0.1) is 6.20 Å². The molecule has 3 nitrogen and oxygen atoms in total. The van der Waals surface area contributed by atoms with E-state index in [1.807, 2.05) is 17.5 Å². The van der Waals surface area contributed by atoms with Crippen LogP contribution in [0.5, 0.6) is 0 Å². The minimum absolute atomic E-state index is 0.131. The zero-order valence-electron chi connectivity index (χ0n) is 9.68. The second-order valence-corrected chi connectivity index (χ2v) is 5.54. The lowest BCUT2D eigenvalue weighted by Gasteiger charge is -2.00. The van der Waals surface area contributed by atoms with E-state index in [0.717, 1.165) is 21.6 Å². The van der Waals surface area contributed by atoms with E-state index in [1.54, 1.807) is 0 Å². The molecule has 8 heteroatoms. The van der Waals surface area contributed by atoms with E-state index in [1.165, 1.54) is 17.5 Å². The molecule has 3 rings (SSSR count). The monoisotopic (exact) mass is 312 g/mol. The summed E-state index contributed by atoms with van der Waals surface area (Å²) in [6.07, 6.45) is -0.149. The van der Waals surface area contributed by atoms with Gasteiger partial charge in [-0.2, -0.15) is 13.2 Å². The van der Waals surface area contributed by atoms with Gasteiger partial charge in [-0.1, -0.05) is 6.07 Å². The molecule has 3 heterocycles. The van der Waals surface area contributed by atoms with Gasteiger partial charge in [0.15, 0.2) is 16.5 Å². The van der Waals surface area contributed by atoms with Crippen molar-refractivity contribution in [1.82, 2.24) is 15.0 Å². The molecule has 0 saturated carbocycles. The molecule has 0 aliphatic carbocycles. The maximum absolute atomic E-state index is 12.5. The Hall–Kier alpha value is -1.80. The molecule has 0 amide bonds. The molecule has 0 aliphatic heterocycles. The van der Waals surface area contributed by atoms with Gasteiger partial charge in [0, 0.05) is 22.0 Å². The third kappa shape index (κ3) is 2.56. The first kappa shape index (κ1) is 13.2. The Morgan fingerprint density at radius 3 is 2.60 bits per heavy atom. The van der Waals surface area contributed by atoms with Crippen molar-refractivity contribution in [3.05, 3.63) is 41.0 Å². The van der Waals surface area contributed by atoms with Crippen LogP contribution in [0.1, 0.15) is 5.69 Å². The molecular formula is C12H5F3N3S2. The third-order valence-corrected chi connectivity index (χ3v) is 4.11. The second kappa shape index (κ2) is 4.95.